The second kappa shape index (κ2) is 8.49. The van der Waals surface area contributed by atoms with Gasteiger partial charge < -0.3 is 15.2 Å². The van der Waals surface area contributed by atoms with Crippen molar-refractivity contribution in [3.63, 3.8) is 0 Å². The van der Waals surface area contributed by atoms with Gasteiger partial charge in [-0.25, -0.2) is 23.0 Å². The summed E-state index contributed by atoms with van der Waals surface area (Å²) in [7, 11) is -3.24. The van der Waals surface area contributed by atoms with E-state index in [0.29, 0.717) is 17.8 Å². The minimum atomic E-state index is -3.24. The fourth-order valence-electron chi connectivity index (χ4n) is 2.87. The van der Waals surface area contributed by atoms with Gasteiger partial charge in [0.15, 0.2) is 0 Å². The van der Waals surface area contributed by atoms with Gasteiger partial charge >= 0.3 is 11.9 Å². The molecule has 9 nitrogen and oxygen atoms in total. The molecule has 3 rings (SSSR count). The van der Waals surface area contributed by atoms with Gasteiger partial charge in [-0.05, 0) is 30.0 Å². The largest absolute Gasteiger partial charge is 0.478 e. The number of nitrogens with one attached hydrogen (secondary N) is 2. The lowest BCUT2D eigenvalue weighted by molar-refractivity contribution is -0.134. The van der Waals surface area contributed by atoms with Gasteiger partial charge in [-0.1, -0.05) is 12.1 Å². The molecule has 0 radical (unpaired) electrons. The Kier molecular flexibility index (Phi) is 6.35. The summed E-state index contributed by atoms with van der Waals surface area (Å²) in [6, 6.07) is 5.76. The van der Waals surface area contributed by atoms with Crippen molar-refractivity contribution in [2.75, 3.05) is 11.0 Å². The highest BCUT2D eigenvalue weighted by Crippen LogP contribution is 2.40. The summed E-state index contributed by atoms with van der Waals surface area (Å²) in [6.45, 7) is 0. The highest BCUT2D eigenvalue weighted by molar-refractivity contribution is 7.92. The third kappa shape index (κ3) is 5.96. The van der Waals surface area contributed by atoms with E-state index in [-0.39, 0.29) is 5.92 Å². The molecule has 0 fully saturated rings. The average molecular weight is 393 g/mol. The van der Waals surface area contributed by atoms with Gasteiger partial charge in [0.25, 0.3) is 0 Å². The molecule has 144 valence electrons. The van der Waals surface area contributed by atoms with Crippen LogP contribution in [0.15, 0.2) is 42.9 Å². The molecule has 0 aliphatic heterocycles. The number of hydrogen-bond acceptors (Lipinski definition) is 5. The Balaban J connectivity index is 0.000000279. The molecule has 1 aromatic heterocycles. The van der Waals surface area contributed by atoms with Crippen LogP contribution in [0, 0.1) is 0 Å². The highest BCUT2D eigenvalue weighted by atomic mass is 32.2. The van der Waals surface area contributed by atoms with E-state index in [1.54, 1.807) is 6.33 Å². The second-order valence-corrected chi connectivity index (χ2v) is 7.60. The van der Waals surface area contributed by atoms with Gasteiger partial charge in [0.05, 0.1) is 18.3 Å². The number of fused-ring (bicyclic) bond motifs is 1. The first kappa shape index (κ1) is 20.2. The summed E-state index contributed by atoms with van der Waals surface area (Å²) in [4.78, 5) is 26.3. The number of benzene rings is 1. The number of carboxylic acid groups (broad SMARTS) is 2. The van der Waals surface area contributed by atoms with E-state index in [2.05, 4.69) is 20.8 Å². The van der Waals surface area contributed by atoms with E-state index in [4.69, 9.17) is 10.2 Å². The molecule has 0 saturated heterocycles. The fraction of sp³-hybridized carbons (Fsp3) is 0.235. The Bertz CT molecular complexity index is 935. The standard InChI is InChI=1S/C13H15N3O2S.C4H4O4/c1-19(17,18)16-12-4-2-3-9-10(12)5-6-11(9)13-7-14-8-15-13;5-3(6)1-2-4(7)8/h2-4,7-8,11,16H,5-6H2,1H3,(H,14,15);1-2H,(H,5,6)(H,7,8)/b;2-1-. The molecule has 1 unspecified atom stereocenters. The first-order valence-corrected chi connectivity index (χ1v) is 9.78. The number of aliphatic carboxylic acids is 2. The quantitative estimate of drug-likeness (QED) is 0.563. The molecular weight excluding hydrogens is 374 g/mol. The number of aromatic amines is 1. The smallest absolute Gasteiger partial charge is 0.328 e. The molecule has 27 heavy (non-hydrogen) atoms. The van der Waals surface area contributed by atoms with Gasteiger partial charge in [-0.2, -0.15) is 0 Å². The van der Waals surface area contributed by atoms with Gasteiger partial charge in [-0.3, -0.25) is 4.72 Å². The van der Waals surface area contributed by atoms with E-state index in [9.17, 15) is 18.0 Å². The number of carboxylic acids is 2. The summed E-state index contributed by atoms with van der Waals surface area (Å²) >= 11 is 0. The lowest BCUT2D eigenvalue weighted by atomic mass is 9.98. The van der Waals surface area contributed by atoms with Crippen molar-refractivity contribution in [1.82, 2.24) is 9.97 Å². The van der Waals surface area contributed by atoms with Crippen LogP contribution in [0.3, 0.4) is 0 Å². The molecule has 0 amide bonds. The first-order valence-electron chi connectivity index (χ1n) is 7.89. The third-order valence-electron chi connectivity index (χ3n) is 3.83. The number of H-pyrrole nitrogens is 1. The van der Waals surface area contributed by atoms with Crippen molar-refractivity contribution >= 4 is 27.6 Å². The van der Waals surface area contributed by atoms with E-state index in [1.807, 2.05) is 18.3 Å². The van der Waals surface area contributed by atoms with Gasteiger partial charge in [0.2, 0.25) is 10.0 Å². The number of carbonyl (C=O) groups is 2. The van der Waals surface area contributed by atoms with Crippen LogP contribution in [0.25, 0.3) is 0 Å². The lowest BCUT2D eigenvalue weighted by Gasteiger charge is -2.12. The molecule has 0 spiro atoms. The Morgan fingerprint density at radius 2 is 1.93 bits per heavy atom. The zero-order valence-electron chi connectivity index (χ0n) is 14.4. The third-order valence-corrected chi connectivity index (χ3v) is 4.42. The van der Waals surface area contributed by atoms with E-state index < -0.39 is 22.0 Å². The molecule has 0 saturated carbocycles. The predicted octanol–water partition coefficient (Wildman–Crippen LogP) is 1.57. The van der Waals surface area contributed by atoms with Crippen LogP contribution in [0.5, 0.6) is 0 Å². The number of sulfonamides is 1. The first-order chi connectivity index (χ1) is 12.7. The Hall–Kier alpha value is -3.14. The van der Waals surface area contributed by atoms with Crippen LogP contribution >= 0.6 is 0 Å². The number of aromatic nitrogens is 2. The van der Waals surface area contributed by atoms with Crippen molar-refractivity contribution in [1.29, 1.82) is 0 Å². The topological polar surface area (TPSA) is 149 Å². The molecule has 2 aromatic rings. The summed E-state index contributed by atoms with van der Waals surface area (Å²) in [6.07, 6.45) is 7.64. The number of rotatable bonds is 5. The zero-order valence-corrected chi connectivity index (χ0v) is 15.2. The lowest BCUT2D eigenvalue weighted by Crippen LogP contribution is -2.11. The highest BCUT2D eigenvalue weighted by Gasteiger charge is 2.27. The van der Waals surface area contributed by atoms with Gasteiger partial charge in [0, 0.05) is 30.0 Å². The van der Waals surface area contributed by atoms with Crippen LogP contribution < -0.4 is 4.72 Å². The van der Waals surface area contributed by atoms with E-state index in [1.165, 1.54) is 11.8 Å². The van der Waals surface area contributed by atoms with Crippen molar-refractivity contribution in [3.8, 4) is 0 Å². The van der Waals surface area contributed by atoms with Crippen LogP contribution in [-0.2, 0) is 26.0 Å². The monoisotopic (exact) mass is 393 g/mol. The molecule has 4 N–H and O–H groups in total. The van der Waals surface area contributed by atoms with Crippen LogP contribution in [0.1, 0.15) is 29.2 Å². The molecule has 1 atom stereocenters. The SMILES string of the molecule is CS(=O)(=O)Nc1cccc2c1CCC2c1cnc[nH]1.O=C(O)/C=C\C(=O)O. The average Bonchev–Trinajstić information content (AvgIpc) is 3.21. The predicted molar refractivity (Wildman–Crippen MR) is 98.1 cm³/mol. The second-order valence-electron chi connectivity index (χ2n) is 5.86. The number of nitrogens with zero attached hydrogens (tertiary/aromatic N) is 1. The summed E-state index contributed by atoms with van der Waals surface area (Å²) < 4.78 is 25.4. The minimum Gasteiger partial charge on any atom is -0.478 e. The van der Waals surface area contributed by atoms with Crippen molar-refractivity contribution in [2.24, 2.45) is 0 Å². The Labute approximate surface area is 155 Å². The number of anilines is 1. The zero-order chi connectivity index (χ0) is 20.0. The molecule has 10 heteroatoms. The summed E-state index contributed by atoms with van der Waals surface area (Å²) in [5, 5.41) is 15.6. The fourth-order valence-corrected chi connectivity index (χ4v) is 3.46. The molecule has 1 aromatic carbocycles. The maximum Gasteiger partial charge on any atom is 0.328 e. The van der Waals surface area contributed by atoms with Crippen molar-refractivity contribution in [2.45, 2.75) is 18.8 Å². The molecule has 0 bridgehead atoms. The van der Waals surface area contributed by atoms with Gasteiger partial charge in [-0.15, -0.1) is 0 Å². The number of hydrogen-bond donors (Lipinski definition) is 4. The molecule has 1 heterocycles. The van der Waals surface area contributed by atoms with Crippen LogP contribution in [-0.4, -0.2) is 46.8 Å². The minimum absolute atomic E-state index is 0.277. The number of imidazole rings is 1. The van der Waals surface area contributed by atoms with Crippen molar-refractivity contribution < 1.29 is 28.2 Å². The van der Waals surface area contributed by atoms with E-state index >= 15 is 0 Å². The maximum atomic E-state index is 11.4. The van der Waals surface area contributed by atoms with Crippen molar-refractivity contribution in [3.05, 3.63) is 59.7 Å². The Morgan fingerprint density at radius 1 is 1.26 bits per heavy atom. The van der Waals surface area contributed by atoms with E-state index in [0.717, 1.165) is 24.1 Å². The summed E-state index contributed by atoms with van der Waals surface area (Å²) in [5.74, 6) is -2.24. The van der Waals surface area contributed by atoms with Crippen LogP contribution in [0.2, 0.25) is 0 Å². The molecule has 1 aliphatic carbocycles. The molecule has 1 aliphatic rings. The molecular formula is C17H19N3O6S. The van der Waals surface area contributed by atoms with Crippen LogP contribution in [0.4, 0.5) is 5.69 Å². The normalized spacial score (nSPS) is 15.7. The maximum absolute atomic E-state index is 11.4. The summed E-state index contributed by atoms with van der Waals surface area (Å²) in [5.41, 5.74) is 4.04. The van der Waals surface area contributed by atoms with Gasteiger partial charge in [0.1, 0.15) is 0 Å². The Morgan fingerprint density at radius 3 is 2.44 bits per heavy atom.